The molecule has 2 nitrogen and oxygen atoms in total. The van der Waals surface area contributed by atoms with Gasteiger partial charge < -0.3 is 5.73 Å². The first-order valence-electron chi connectivity index (χ1n) is 5.20. The minimum atomic E-state index is -0.612. The largest absolute Gasteiger partial charge is 0.320 e. The monoisotopic (exact) mass is 234 g/mol. The van der Waals surface area contributed by atoms with Gasteiger partial charge >= 0.3 is 0 Å². The van der Waals surface area contributed by atoms with E-state index >= 15 is 0 Å². The van der Waals surface area contributed by atoms with Gasteiger partial charge in [-0.3, -0.25) is 4.98 Å². The van der Waals surface area contributed by atoms with Crippen molar-refractivity contribution >= 4 is 0 Å². The summed E-state index contributed by atoms with van der Waals surface area (Å²) in [6.07, 6.45) is 2.60. The van der Waals surface area contributed by atoms with Gasteiger partial charge in [-0.2, -0.15) is 0 Å². The second kappa shape index (κ2) is 4.59. The highest BCUT2D eigenvalue weighted by molar-refractivity contribution is 5.36. The molecule has 1 atom stereocenters. The summed E-state index contributed by atoms with van der Waals surface area (Å²) in [5.74, 6) is -0.780. The predicted molar refractivity (Wildman–Crippen MR) is 61.4 cm³/mol. The van der Waals surface area contributed by atoms with Crippen LogP contribution in [0.25, 0.3) is 0 Å². The molecule has 1 aromatic carbocycles. The molecule has 17 heavy (non-hydrogen) atoms. The van der Waals surface area contributed by atoms with E-state index in [1.54, 1.807) is 13.0 Å². The molecular formula is C13H12F2N2. The summed E-state index contributed by atoms with van der Waals surface area (Å²) in [6.45, 7) is 1.75. The van der Waals surface area contributed by atoms with Crippen LogP contribution in [-0.4, -0.2) is 4.98 Å². The SMILES string of the molecule is Cc1cc(F)ccc1C(N)c1ccncc1F. The zero-order chi connectivity index (χ0) is 12.4. The lowest BCUT2D eigenvalue weighted by molar-refractivity contribution is 0.591. The van der Waals surface area contributed by atoms with Gasteiger partial charge in [-0.15, -0.1) is 0 Å². The summed E-state index contributed by atoms with van der Waals surface area (Å²) in [5, 5.41) is 0. The van der Waals surface area contributed by atoms with Gasteiger partial charge in [-0.05, 0) is 36.2 Å². The van der Waals surface area contributed by atoms with E-state index in [0.29, 0.717) is 16.7 Å². The number of hydrogen-bond donors (Lipinski definition) is 1. The fourth-order valence-corrected chi connectivity index (χ4v) is 1.79. The summed E-state index contributed by atoms with van der Waals surface area (Å²) in [7, 11) is 0. The first kappa shape index (κ1) is 11.7. The maximum atomic E-state index is 13.5. The van der Waals surface area contributed by atoms with Crippen molar-refractivity contribution < 1.29 is 8.78 Å². The Bertz CT molecular complexity index is 541. The Balaban J connectivity index is 2.44. The first-order valence-corrected chi connectivity index (χ1v) is 5.20. The highest BCUT2D eigenvalue weighted by Gasteiger charge is 2.15. The van der Waals surface area contributed by atoms with Crippen molar-refractivity contribution in [3.63, 3.8) is 0 Å². The van der Waals surface area contributed by atoms with Crippen molar-refractivity contribution in [2.24, 2.45) is 5.73 Å². The smallest absolute Gasteiger partial charge is 0.146 e. The average Bonchev–Trinajstić information content (AvgIpc) is 2.29. The van der Waals surface area contributed by atoms with E-state index in [1.165, 1.54) is 24.4 Å². The highest BCUT2D eigenvalue weighted by Crippen LogP contribution is 2.24. The molecule has 2 aromatic rings. The Morgan fingerprint density at radius 3 is 2.59 bits per heavy atom. The molecule has 0 aliphatic heterocycles. The zero-order valence-electron chi connectivity index (χ0n) is 9.32. The van der Waals surface area contributed by atoms with Crippen molar-refractivity contribution in [1.29, 1.82) is 0 Å². The van der Waals surface area contributed by atoms with Gasteiger partial charge in [0.25, 0.3) is 0 Å². The lowest BCUT2D eigenvalue weighted by Crippen LogP contribution is -2.15. The van der Waals surface area contributed by atoms with Crippen LogP contribution < -0.4 is 5.73 Å². The average molecular weight is 234 g/mol. The van der Waals surface area contributed by atoms with Crippen molar-refractivity contribution in [1.82, 2.24) is 4.98 Å². The Morgan fingerprint density at radius 1 is 1.18 bits per heavy atom. The fourth-order valence-electron chi connectivity index (χ4n) is 1.79. The molecule has 0 saturated heterocycles. The Kier molecular flexibility index (Phi) is 3.15. The van der Waals surface area contributed by atoms with E-state index < -0.39 is 11.9 Å². The van der Waals surface area contributed by atoms with Gasteiger partial charge in [0.15, 0.2) is 0 Å². The standard InChI is InChI=1S/C13H12F2N2/c1-8-6-9(14)2-3-10(8)13(16)11-4-5-17-7-12(11)15/h2-7,13H,16H2,1H3. The first-order chi connectivity index (χ1) is 8.09. The minimum absolute atomic E-state index is 0.325. The molecule has 0 amide bonds. The van der Waals surface area contributed by atoms with Crippen LogP contribution in [0.2, 0.25) is 0 Å². The van der Waals surface area contributed by atoms with Crippen LogP contribution in [0.1, 0.15) is 22.7 Å². The van der Waals surface area contributed by atoms with E-state index in [0.717, 1.165) is 6.20 Å². The normalized spacial score (nSPS) is 12.5. The molecule has 1 heterocycles. The second-order valence-electron chi connectivity index (χ2n) is 3.88. The minimum Gasteiger partial charge on any atom is -0.320 e. The van der Waals surface area contributed by atoms with E-state index in [9.17, 15) is 8.78 Å². The summed E-state index contributed by atoms with van der Waals surface area (Å²) in [6, 6.07) is 5.20. The van der Waals surface area contributed by atoms with Crippen LogP contribution in [0.3, 0.4) is 0 Å². The maximum Gasteiger partial charge on any atom is 0.146 e. The quantitative estimate of drug-likeness (QED) is 0.867. The van der Waals surface area contributed by atoms with Crippen molar-refractivity contribution in [2.75, 3.05) is 0 Å². The number of pyridine rings is 1. The third-order valence-electron chi connectivity index (χ3n) is 2.71. The maximum absolute atomic E-state index is 13.5. The lowest BCUT2D eigenvalue weighted by atomic mass is 9.96. The molecule has 2 rings (SSSR count). The van der Waals surface area contributed by atoms with Gasteiger partial charge in [-0.25, -0.2) is 8.78 Å². The number of aryl methyl sites for hydroxylation is 1. The Hall–Kier alpha value is -1.81. The molecule has 0 fully saturated rings. The molecule has 0 aliphatic carbocycles. The van der Waals surface area contributed by atoms with Gasteiger partial charge in [-0.1, -0.05) is 6.07 Å². The number of hydrogen-bond acceptors (Lipinski definition) is 2. The molecular weight excluding hydrogens is 222 g/mol. The van der Waals surface area contributed by atoms with E-state index in [4.69, 9.17) is 5.73 Å². The molecule has 0 spiro atoms. The molecule has 1 aromatic heterocycles. The molecule has 1 unspecified atom stereocenters. The summed E-state index contributed by atoms with van der Waals surface area (Å²) in [5.41, 5.74) is 7.74. The number of aromatic nitrogens is 1. The van der Waals surface area contributed by atoms with Crippen LogP contribution in [0.4, 0.5) is 8.78 Å². The number of nitrogens with two attached hydrogens (primary N) is 1. The molecule has 0 saturated carbocycles. The molecule has 0 bridgehead atoms. The van der Waals surface area contributed by atoms with Crippen LogP contribution in [-0.2, 0) is 0 Å². The molecule has 88 valence electrons. The number of rotatable bonds is 2. The van der Waals surface area contributed by atoms with E-state index in [2.05, 4.69) is 4.98 Å². The van der Waals surface area contributed by atoms with Crippen LogP contribution in [0.5, 0.6) is 0 Å². The second-order valence-corrected chi connectivity index (χ2v) is 3.88. The van der Waals surface area contributed by atoms with E-state index in [-0.39, 0.29) is 5.82 Å². The van der Waals surface area contributed by atoms with Crippen LogP contribution >= 0.6 is 0 Å². The van der Waals surface area contributed by atoms with Crippen molar-refractivity contribution in [2.45, 2.75) is 13.0 Å². The van der Waals surface area contributed by atoms with Gasteiger partial charge in [0.05, 0.1) is 12.2 Å². The summed E-state index contributed by atoms with van der Waals surface area (Å²) in [4.78, 5) is 3.67. The number of halogens is 2. The van der Waals surface area contributed by atoms with Gasteiger partial charge in [0, 0.05) is 11.8 Å². The van der Waals surface area contributed by atoms with Crippen LogP contribution in [0.15, 0.2) is 36.7 Å². The predicted octanol–water partition coefficient (Wildman–Crippen LogP) is 2.72. The summed E-state index contributed by atoms with van der Waals surface area (Å²) < 4.78 is 26.5. The number of benzene rings is 1. The Labute approximate surface area is 98.1 Å². The van der Waals surface area contributed by atoms with Crippen LogP contribution in [0, 0.1) is 18.6 Å². The Morgan fingerprint density at radius 2 is 1.94 bits per heavy atom. The fraction of sp³-hybridized carbons (Fsp3) is 0.154. The van der Waals surface area contributed by atoms with Crippen molar-refractivity contribution in [3.05, 3.63) is 65.0 Å². The molecule has 4 heteroatoms. The van der Waals surface area contributed by atoms with Gasteiger partial charge in [0.2, 0.25) is 0 Å². The zero-order valence-corrected chi connectivity index (χ0v) is 9.32. The van der Waals surface area contributed by atoms with Gasteiger partial charge in [0.1, 0.15) is 11.6 Å². The topological polar surface area (TPSA) is 38.9 Å². The third-order valence-corrected chi connectivity index (χ3v) is 2.71. The van der Waals surface area contributed by atoms with Crippen molar-refractivity contribution in [3.8, 4) is 0 Å². The number of nitrogens with zero attached hydrogens (tertiary/aromatic N) is 1. The molecule has 0 aliphatic rings. The summed E-state index contributed by atoms with van der Waals surface area (Å²) >= 11 is 0. The lowest BCUT2D eigenvalue weighted by Gasteiger charge is -2.15. The molecule has 0 radical (unpaired) electrons. The molecule has 2 N–H and O–H groups in total. The van der Waals surface area contributed by atoms with E-state index in [1.807, 2.05) is 0 Å². The highest BCUT2D eigenvalue weighted by atomic mass is 19.1. The third kappa shape index (κ3) is 2.31.